The molecular weight excluding hydrogens is 222 g/mol. The zero-order chi connectivity index (χ0) is 13.3. The molecule has 1 amide bonds. The number of amides is 1. The third-order valence-electron chi connectivity index (χ3n) is 3.60. The maximum absolute atomic E-state index is 12.3. The Morgan fingerprint density at radius 3 is 2.61 bits per heavy atom. The first-order valence-electron chi connectivity index (χ1n) is 6.87. The highest BCUT2D eigenvalue weighted by Crippen LogP contribution is 2.29. The molecule has 2 rings (SSSR count). The van der Waals surface area contributed by atoms with Gasteiger partial charge in [0.25, 0.3) is 5.91 Å². The minimum absolute atomic E-state index is 0.0975. The van der Waals surface area contributed by atoms with E-state index in [9.17, 15) is 4.79 Å². The van der Waals surface area contributed by atoms with Gasteiger partial charge in [-0.3, -0.25) is 4.79 Å². The van der Waals surface area contributed by atoms with Crippen LogP contribution in [0.3, 0.4) is 0 Å². The minimum atomic E-state index is -0.0975. The number of hydrogen-bond donors (Lipinski definition) is 0. The molecule has 1 aromatic carbocycles. The van der Waals surface area contributed by atoms with Crippen LogP contribution in [0.2, 0.25) is 0 Å². The predicted octanol–water partition coefficient (Wildman–Crippen LogP) is 3.78. The molecule has 0 fully saturated rings. The molecule has 2 nitrogen and oxygen atoms in total. The molecule has 98 valence electrons. The van der Waals surface area contributed by atoms with Crippen LogP contribution in [0.15, 0.2) is 18.2 Å². The van der Waals surface area contributed by atoms with Crippen molar-refractivity contribution in [3.8, 4) is 0 Å². The van der Waals surface area contributed by atoms with Crippen LogP contribution in [-0.2, 0) is 13.0 Å². The van der Waals surface area contributed by atoms with Crippen molar-refractivity contribution in [1.82, 2.24) is 4.90 Å². The molecule has 1 aromatic rings. The Kier molecular flexibility index (Phi) is 3.47. The fourth-order valence-corrected chi connectivity index (χ4v) is 2.45. The van der Waals surface area contributed by atoms with Gasteiger partial charge in [-0.15, -0.1) is 0 Å². The van der Waals surface area contributed by atoms with E-state index in [1.807, 2.05) is 11.0 Å². The van der Waals surface area contributed by atoms with Crippen molar-refractivity contribution < 1.29 is 4.79 Å². The lowest BCUT2D eigenvalue weighted by Gasteiger charge is -2.31. The van der Waals surface area contributed by atoms with Crippen molar-refractivity contribution in [1.29, 1.82) is 0 Å². The zero-order valence-electron chi connectivity index (χ0n) is 11.9. The summed E-state index contributed by atoms with van der Waals surface area (Å²) in [5.41, 5.74) is 3.35. The highest BCUT2D eigenvalue weighted by Gasteiger charge is 2.34. The van der Waals surface area contributed by atoms with Gasteiger partial charge in [-0.05, 0) is 50.8 Å². The summed E-state index contributed by atoms with van der Waals surface area (Å²) in [5, 5.41) is 0. The first-order valence-corrected chi connectivity index (χ1v) is 6.87. The van der Waals surface area contributed by atoms with E-state index in [0.29, 0.717) is 0 Å². The molecule has 18 heavy (non-hydrogen) atoms. The highest BCUT2D eigenvalue weighted by atomic mass is 16.2. The van der Waals surface area contributed by atoms with Crippen molar-refractivity contribution in [2.45, 2.75) is 59.0 Å². The highest BCUT2D eigenvalue weighted by molar-refractivity contribution is 5.98. The molecule has 1 aliphatic heterocycles. The van der Waals surface area contributed by atoms with Gasteiger partial charge >= 0.3 is 0 Å². The fraction of sp³-hybridized carbons (Fsp3) is 0.562. The van der Waals surface area contributed by atoms with Gasteiger partial charge in [0.05, 0.1) is 0 Å². The van der Waals surface area contributed by atoms with E-state index in [1.165, 1.54) is 24.0 Å². The Balaban J connectivity index is 2.23. The first kappa shape index (κ1) is 13.1. The number of aryl methyl sites for hydroxylation is 1. The van der Waals surface area contributed by atoms with Crippen molar-refractivity contribution in [2.24, 2.45) is 0 Å². The molecule has 0 saturated carbocycles. The molecule has 2 heteroatoms. The summed E-state index contributed by atoms with van der Waals surface area (Å²) < 4.78 is 0. The standard InChI is InChI=1S/C16H23NO/c1-5-6-7-12-8-9-14-13(10-12)11-17(15(14)18)16(2,3)4/h8-10H,5-7,11H2,1-4H3. The summed E-state index contributed by atoms with van der Waals surface area (Å²) in [6.45, 7) is 9.24. The Labute approximate surface area is 110 Å². The lowest BCUT2D eigenvalue weighted by atomic mass is 10.0. The SMILES string of the molecule is CCCCc1ccc2c(c1)CN(C(C)(C)C)C2=O. The van der Waals surface area contributed by atoms with Gasteiger partial charge in [-0.2, -0.15) is 0 Å². The second kappa shape index (κ2) is 4.75. The number of benzene rings is 1. The summed E-state index contributed by atoms with van der Waals surface area (Å²) in [5.74, 6) is 0.180. The number of nitrogens with zero attached hydrogens (tertiary/aromatic N) is 1. The number of rotatable bonds is 3. The molecule has 0 N–H and O–H groups in total. The van der Waals surface area contributed by atoms with E-state index in [-0.39, 0.29) is 11.4 Å². The molecule has 0 unspecified atom stereocenters. The van der Waals surface area contributed by atoms with Crippen LogP contribution in [0, 0.1) is 0 Å². The van der Waals surface area contributed by atoms with Gasteiger partial charge in [0, 0.05) is 17.6 Å². The summed E-state index contributed by atoms with van der Waals surface area (Å²) >= 11 is 0. The van der Waals surface area contributed by atoms with Crippen LogP contribution in [-0.4, -0.2) is 16.3 Å². The van der Waals surface area contributed by atoms with Gasteiger partial charge in [-0.25, -0.2) is 0 Å². The van der Waals surface area contributed by atoms with Crippen LogP contribution < -0.4 is 0 Å². The van der Waals surface area contributed by atoms with E-state index < -0.39 is 0 Å². The quantitative estimate of drug-likeness (QED) is 0.793. The maximum Gasteiger partial charge on any atom is 0.254 e. The zero-order valence-corrected chi connectivity index (χ0v) is 11.9. The monoisotopic (exact) mass is 245 g/mol. The molecule has 0 saturated heterocycles. The average molecular weight is 245 g/mol. The smallest absolute Gasteiger partial charge is 0.254 e. The average Bonchev–Trinajstić information content (AvgIpc) is 2.63. The van der Waals surface area contributed by atoms with Crippen LogP contribution in [0.4, 0.5) is 0 Å². The Morgan fingerprint density at radius 2 is 2.00 bits per heavy atom. The molecule has 1 aliphatic rings. The van der Waals surface area contributed by atoms with Gasteiger partial charge in [0.2, 0.25) is 0 Å². The number of unbranched alkanes of at least 4 members (excludes halogenated alkanes) is 1. The van der Waals surface area contributed by atoms with Crippen molar-refractivity contribution >= 4 is 5.91 Å². The lowest BCUT2D eigenvalue weighted by molar-refractivity contribution is 0.0609. The summed E-state index contributed by atoms with van der Waals surface area (Å²) in [7, 11) is 0. The first-order chi connectivity index (χ1) is 8.43. The van der Waals surface area contributed by atoms with Crippen LogP contribution in [0.1, 0.15) is 62.0 Å². The van der Waals surface area contributed by atoms with Gasteiger partial charge in [0.1, 0.15) is 0 Å². The summed E-state index contributed by atoms with van der Waals surface area (Å²) in [6, 6.07) is 6.33. The molecule has 0 atom stereocenters. The minimum Gasteiger partial charge on any atom is -0.329 e. The number of hydrogen-bond acceptors (Lipinski definition) is 1. The Morgan fingerprint density at radius 1 is 1.28 bits per heavy atom. The molecule has 1 heterocycles. The van der Waals surface area contributed by atoms with Crippen LogP contribution in [0.5, 0.6) is 0 Å². The van der Waals surface area contributed by atoms with Crippen molar-refractivity contribution in [3.63, 3.8) is 0 Å². The second-order valence-corrected chi connectivity index (χ2v) is 6.16. The van der Waals surface area contributed by atoms with E-state index in [4.69, 9.17) is 0 Å². The topological polar surface area (TPSA) is 20.3 Å². The molecule has 0 bridgehead atoms. The number of carbonyl (C=O) groups is 1. The normalized spacial score (nSPS) is 15.1. The van der Waals surface area contributed by atoms with Gasteiger partial charge in [-0.1, -0.05) is 25.5 Å². The van der Waals surface area contributed by atoms with Crippen molar-refractivity contribution in [2.75, 3.05) is 0 Å². The maximum atomic E-state index is 12.3. The number of fused-ring (bicyclic) bond motifs is 1. The molecule has 0 aliphatic carbocycles. The summed E-state index contributed by atoms with van der Waals surface area (Å²) in [4.78, 5) is 14.3. The van der Waals surface area contributed by atoms with Crippen LogP contribution in [0.25, 0.3) is 0 Å². The predicted molar refractivity (Wildman–Crippen MR) is 74.7 cm³/mol. The molecule has 0 spiro atoms. The van der Waals surface area contributed by atoms with E-state index in [1.54, 1.807) is 0 Å². The van der Waals surface area contributed by atoms with Crippen molar-refractivity contribution in [3.05, 3.63) is 34.9 Å². The largest absolute Gasteiger partial charge is 0.329 e. The lowest BCUT2D eigenvalue weighted by Crippen LogP contribution is -2.41. The van der Waals surface area contributed by atoms with Crippen LogP contribution >= 0.6 is 0 Å². The third-order valence-corrected chi connectivity index (χ3v) is 3.60. The summed E-state index contributed by atoms with van der Waals surface area (Å²) in [6.07, 6.45) is 3.55. The Hall–Kier alpha value is -1.31. The van der Waals surface area contributed by atoms with Gasteiger partial charge in [0.15, 0.2) is 0 Å². The Bertz CT molecular complexity index is 457. The molecular formula is C16H23NO. The van der Waals surface area contributed by atoms with E-state index >= 15 is 0 Å². The second-order valence-electron chi connectivity index (χ2n) is 6.16. The third kappa shape index (κ3) is 2.43. The van der Waals surface area contributed by atoms with E-state index in [2.05, 4.69) is 39.8 Å². The van der Waals surface area contributed by atoms with E-state index in [0.717, 1.165) is 18.5 Å². The number of carbonyl (C=O) groups excluding carboxylic acids is 1. The fourth-order valence-electron chi connectivity index (χ4n) is 2.45. The molecule has 0 radical (unpaired) electrons. The van der Waals surface area contributed by atoms with Gasteiger partial charge < -0.3 is 4.90 Å². The molecule has 0 aromatic heterocycles.